The number of aryl methyl sites for hydroxylation is 1. The third-order valence-corrected chi connectivity index (χ3v) is 5.03. The van der Waals surface area contributed by atoms with Crippen LogP contribution in [0.5, 0.6) is 5.75 Å². The molecule has 0 N–H and O–H groups in total. The van der Waals surface area contributed by atoms with Crippen molar-refractivity contribution in [1.29, 1.82) is 0 Å². The predicted molar refractivity (Wildman–Crippen MR) is 114 cm³/mol. The fourth-order valence-electron chi connectivity index (χ4n) is 3.12. The van der Waals surface area contributed by atoms with Gasteiger partial charge in [0, 0.05) is 17.0 Å². The molecule has 4 aromatic rings. The van der Waals surface area contributed by atoms with Gasteiger partial charge in [-0.15, -0.1) is 0 Å². The summed E-state index contributed by atoms with van der Waals surface area (Å²) in [6.45, 7) is 2.10. The van der Waals surface area contributed by atoms with Crippen LogP contribution in [0.2, 0.25) is 5.02 Å². The maximum atomic E-state index is 13.5. The molecule has 5 heteroatoms. The van der Waals surface area contributed by atoms with E-state index in [4.69, 9.17) is 25.7 Å². The van der Waals surface area contributed by atoms with Gasteiger partial charge in [0.25, 0.3) is 0 Å². The Hall–Kier alpha value is -3.11. The van der Waals surface area contributed by atoms with Crippen molar-refractivity contribution >= 4 is 28.3 Å². The van der Waals surface area contributed by atoms with Crippen LogP contribution in [0.4, 0.5) is 10.1 Å². The van der Waals surface area contributed by atoms with Gasteiger partial charge in [-0.1, -0.05) is 24.6 Å². The van der Waals surface area contributed by atoms with E-state index in [2.05, 4.69) is 13.0 Å². The van der Waals surface area contributed by atoms with Crippen LogP contribution in [-0.2, 0) is 6.42 Å². The van der Waals surface area contributed by atoms with Crippen LogP contribution in [0.3, 0.4) is 0 Å². The van der Waals surface area contributed by atoms with Gasteiger partial charge < -0.3 is 9.15 Å². The van der Waals surface area contributed by atoms with E-state index in [1.807, 2.05) is 42.5 Å². The molecule has 0 aliphatic heterocycles. The van der Waals surface area contributed by atoms with Crippen LogP contribution >= 0.6 is 11.6 Å². The van der Waals surface area contributed by atoms with Gasteiger partial charge in [-0.3, -0.25) is 0 Å². The minimum atomic E-state index is -0.467. The highest BCUT2D eigenvalue weighted by atomic mass is 35.5. The summed E-state index contributed by atoms with van der Waals surface area (Å²) in [5.41, 5.74) is 3.38. The molecule has 1 heterocycles. The molecule has 1 aromatic heterocycles. The van der Waals surface area contributed by atoms with Crippen molar-refractivity contribution in [2.75, 3.05) is 7.11 Å². The van der Waals surface area contributed by atoms with E-state index in [0.29, 0.717) is 11.4 Å². The fourth-order valence-corrected chi connectivity index (χ4v) is 3.29. The smallest absolute Gasteiger partial charge is 0.141 e. The average molecular weight is 408 g/mol. The van der Waals surface area contributed by atoms with E-state index >= 15 is 0 Å². The maximum absolute atomic E-state index is 13.5. The standard InChI is InChI=1S/C24H19ClFNO2/c1-3-15-4-11-23-19(12-15)22(27-17-7-10-21(26)20(25)13-17)14-24(29-23)16-5-8-18(28-2)9-6-16/h4-14H,3H2,1-2H3. The van der Waals surface area contributed by atoms with E-state index in [-0.39, 0.29) is 5.02 Å². The normalized spacial score (nSPS) is 11.8. The lowest BCUT2D eigenvalue weighted by Gasteiger charge is -2.07. The lowest BCUT2D eigenvalue weighted by molar-refractivity contribution is 0.415. The molecule has 146 valence electrons. The Morgan fingerprint density at radius 1 is 1.00 bits per heavy atom. The number of halogens is 2. The van der Waals surface area contributed by atoms with Crippen molar-refractivity contribution in [2.24, 2.45) is 4.99 Å². The molecule has 0 bridgehead atoms. The number of nitrogens with zero attached hydrogens (tertiary/aromatic N) is 1. The summed E-state index contributed by atoms with van der Waals surface area (Å²) in [6, 6.07) is 20.0. The summed E-state index contributed by atoms with van der Waals surface area (Å²) in [6.07, 6.45) is 0.901. The van der Waals surface area contributed by atoms with Gasteiger partial charge in [-0.25, -0.2) is 9.38 Å². The number of ether oxygens (including phenoxy) is 1. The number of hydrogen-bond acceptors (Lipinski definition) is 3. The van der Waals surface area contributed by atoms with Crippen molar-refractivity contribution < 1.29 is 13.5 Å². The first-order valence-electron chi connectivity index (χ1n) is 9.28. The SMILES string of the molecule is CCc1ccc2oc(-c3ccc(OC)cc3)cc(=Nc3ccc(F)c(Cl)c3)c2c1. The second kappa shape index (κ2) is 8.10. The second-order valence-corrected chi connectivity index (χ2v) is 7.03. The van der Waals surface area contributed by atoms with E-state index in [9.17, 15) is 4.39 Å². The minimum absolute atomic E-state index is 0.0424. The first-order valence-corrected chi connectivity index (χ1v) is 9.66. The first kappa shape index (κ1) is 19.2. The molecule has 0 spiro atoms. The first-order chi connectivity index (χ1) is 14.1. The predicted octanol–water partition coefficient (Wildman–Crippen LogP) is 6.70. The Bertz CT molecular complexity index is 1250. The zero-order chi connectivity index (χ0) is 20.4. The minimum Gasteiger partial charge on any atom is -0.497 e. The monoisotopic (exact) mass is 407 g/mol. The van der Waals surface area contributed by atoms with Crippen LogP contribution < -0.4 is 10.1 Å². The maximum Gasteiger partial charge on any atom is 0.141 e. The molecule has 0 unspecified atom stereocenters. The molecule has 0 radical (unpaired) electrons. The Morgan fingerprint density at radius 2 is 1.79 bits per heavy atom. The highest BCUT2D eigenvalue weighted by Gasteiger charge is 2.08. The molecule has 29 heavy (non-hydrogen) atoms. The van der Waals surface area contributed by atoms with Crippen molar-refractivity contribution in [2.45, 2.75) is 13.3 Å². The summed E-state index contributed by atoms with van der Waals surface area (Å²) in [5.74, 6) is 0.982. The van der Waals surface area contributed by atoms with Crippen LogP contribution in [0.1, 0.15) is 12.5 Å². The van der Waals surface area contributed by atoms with Gasteiger partial charge in [0.05, 0.1) is 23.2 Å². The third kappa shape index (κ3) is 4.03. The molecular weight excluding hydrogens is 389 g/mol. The second-order valence-electron chi connectivity index (χ2n) is 6.62. The highest BCUT2D eigenvalue weighted by molar-refractivity contribution is 6.31. The zero-order valence-electron chi connectivity index (χ0n) is 16.1. The molecule has 3 nitrogen and oxygen atoms in total. The van der Waals surface area contributed by atoms with Gasteiger partial charge in [0.15, 0.2) is 0 Å². The van der Waals surface area contributed by atoms with E-state index in [1.54, 1.807) is 13.2 Å². The Kier molecular flexibility index (Phi) is 5.36. The molecule has 0 fully saturated rings. The van der Waals surface area contributed by atoms with Gasteiger partial charge in [-0.05, 0) is 66.6 Å². The quantitative estimate of drug-likeness (QED) is 0.377. The molecule has 4 rings (SSSR count). The van der Waals surface area contributed by atoms with Crippen LogP contribution in [0.15, 0.2) is 76.1 Å². The van der Waals surface area contributed by atoms with Crippen LogP contribution in [0, 0.1) is 5.82 Å². The van der Waals surface area contributed by atoms with Crippen molar-refractivity contribution in [3.8, 4) is 17.1 Å². The van der Waals surface area contributed by atoms with Crippen LogP contribution in [0.25, 0.3) is 22.3 Å². The Morgan fingerprint density at radius 3 is 2.48 bits per heavy atom. The van der Waals surface area contributed by atoms with Gasteiger partial charge in [0.1, 0.15) is 22.9 Å². The summed E-state index contributed by atoms with van der Waals surface area (Å²) in [4.78, 5) is 4.73. The van der Waals surface area contributed by atoms with E-state index < -0.39 is 5.82 Å². The summed E-state index contributed by atoms with van der Waals surface area (Å²) in [7, 11) is 1.63. The molecule has 3 aromatic carbocycles. The number of hydrogen-bond donors (Lipinski definition) is 0. The summed E-state index contributed by atoms with van der Waals surface area (Å²) in [5, 5.41) is 1.66. The van der Waals surface area contributed by atoms with Crippen molar-refractivity contribution in [3.05, 3.63) is 88.5 Å². The number of rotatable bonds is 4. The topological polar surface area (TPSA) is 34.7 Å². The molecule has 0 amide bonds. The van der Waals surface area contributed by atoms with E-state index in [0.717, 1.165) is 34.1 Å². The summed E-state index contributed by atoms with van der Waals surface area (Å²) >= 11 is 5.94. The Labute approximate surface area is 173 Å². The Balaban J connectivity index is 1.95. The van der Waals surface area contributed by atoms with E-state index in [1.165, 1.54) is 17.7 Å². The fraction of sp³-hybridized carbons (Fsp3) is 0.125. The largest absolute Gasteiger partial charge is 0.497 e. The van der Waals surface area contributed by atoms with Crippen molar-refractivity contribution in [1.82, 2.24) is 0 Å². The molecular formula is C24H19ClFNO2. The number of fused-ring (bicyclic) bond motifs is 1. The van der Waals surface area contributed by atoms with Crippen LogP contribution in [-0.4, -0.2) is 7.11 Å². The molecule has 0 aliphatic carbocycles. The molecule has 0 saturated heterocycles. The van der Waals surface area contributed by atoms with Gasteiger partial charge in [-0.2, -0.15) is 0 Å². The van der Waals surface area contributed by atoms with Gasteiger partial charge >= 0.3 is 0 Å². The third-order valence-electron chi connectivity index (χ3n) is 4.74. The summed E-state index contributed by atoms with van der Waals surface area (Å²) < 4.78 is 24.9. The van der Waals surface area contributed by atoms with Gasteiger partial charge in [0.2, 0.25) is 0 Å². The number of benzene rings is 3. The molecule has 0 saturated carbocycles. The average Bonchev–Trinajstić information content (AvgIpc) is 2.76. The zero-order valence-corrected chi connectivity index (χ0v) is 16.8. The number of methoxy groups -OCH3 is 1. The molecule has 0 aliphatic rings. The molecule has 0 atom stereocenters. The van der Waals surface area contributed by atoms with Crippen molar-refractivity contribution in [3.63, 3.8) is 0 Å². The highest BCUT2D eigenvalue weighted by Crippen LogP contribution is 2.26. The lowest BCUT2D eigenvalue weighted by Crippen LogP contribution is -2.04. The lowest BCUT2D eigenvalue weighted by atomic mass is 10.1.